The van der Waals surface area contributed by atoms with E-state index < -0.39 is 0 Å². The number of hydrogen-bond donors (Lipinski definition) is 0. The van der Waals surface area contributed by atoms with Gasteiger partial charge in [0.05, 0.1) is 0 Å². The van der Waals surface area contributed by atoms with E-state index in [9.17, 15) is 19.2 Å². The molecule has 208 valence electrons. The molecule has 0 aromatic carbocycles. The first-order valence-corrected chi connectivity index (χ1v) is 16.6. The zero-order valence-electron chi connectivity index (χ0n) is 21.9. The number of thioether (sulfide) groups is 4. The van der Waals surface area contributed by atoms with Crippen LogP contribution in [0.2, 0.25) is 0 Å². The standard InChI is InChI=1S/4C6H10OS2.Zr/c4*1-5(2)6(7)9-4-3-8;/h4*8H,1,3-4H2,2H3;/q;;;;+4/p-4. The van der Waals surface area contributed by atoms with Crippen LogP contribution in [0.4, 0.5) is 0 Å². The van der Waals surface area contributed by atoms with E-state index in [1.807, 2.05) is 0 Å². The Bertz CT molecular complexity index is 608. The molecular weight excluding hydrogens is 700 g/mol. The molecule has 0 saturated carbocycles. The second-order valence-electron chi connectivity index (χ2n) is 6.48. The Hall–Kier alpha value is 1.32. The maximum Gasteiger partial charge on any atom is 4.00 e. The van der Waals surface area contributed by atoms with E-state index in [0.717, 1.165) is 23.0 Å². The van der Waals surface area contributed by atoms with E-state index in [1.54, 1.807) is 27.7 Å². The second kappa shape index (κ2) is 35.3. The van der Waals surface area contributed by atoms with E-state index in [-0.39, 0.29) is 46.7 Å². The summed E-state index contributed by atoms with van der Waals surface area (Å²) in [4.78, 5) is 42.9. The Labute approximate surface area is 282 Å². The van der Waals surface area contributed by atoms with Gasteiger partial charge in [0, 0.05) is 0 Å². The van der Waals surface area contributed by atoms with Gasteiger partial charge in [-0.1, -0.05) is 73.4 Å². The third kappa shape index (κ3) is 41.9. The molecule has 0 aliphatic carbocycles. The molecule has 0 heterocycles. The molecule has 0 aromatic heterocycles. The normalized spacial score (nSPS) is 8.86. The van der Waals surface area contributed by atoms with Crippen LogP contribution in [0.3, 0.4) is 0 Å². The topological polar surface area (TPSA) is 68.3 Å². The molecule has 0 aliphatic heterocycles. The van der Waals surface area contributed by atoms with Gasteiger partial charge >= 0.3 is 26.2 Å². The molecule has 0 amide bonds. The summed E-state index contributed by atoms with van der Waals surface area (Å²) in [5, 5.41) is 0.222. The van der Waals surface area contributed by atoms with Crippen LogP contribution in [0.5, 0.6) is 0 Å². The van der Waals surface area contributed by atoms with E-state index in [2.05, 4.69) is 76.8 Å². The van der Waals surface area contributed by atoms with Crippen LogP contribution in [0, 0.1) is 0 Å². The summed E-state index contributed by atoms with van der Waals surface area (Å²) in [7, 11) is 0. The van der Waals surface area contributed by atoms with Crippen molar-refractivity contribution >= 4 is 118 Å². The number of rotatable bonds is 12. The Morgan fingerprint density at radius 1 is 0.459 bits per heavy atom. The number of hydrogen-bond acceptors (Lipinski definition) is 12. The van der Waals surface area contributed by atoms with Crippen LogP contribution < -0.4 is 0 Å². The monoisotopic (exact) mass is 734 g/mol. The number of carbonyl (C=O) groups is 4. The molecule has 0 atom stereocenters. The zero-order valence-corrected chi connectivity index (χ0v) is 30.9. The first-order valence-electron chi connectivity index (χ1n) is 10.4. The average molecular weight is 736 g/mol. The summed E-state index contributed by atoms with van der Waals surface area (Å²) < 4.78 is 0. The first kappa shape index (κ1) is 48.1. The van der Waals surface area contributed by atoms with Gasteiger partial charge in [0.2, 0.25) is 20.5 Å². The molecule has 0 bridgehead atoms. The Kier molecular flexibility index (Phi) is 45.9. The van der Waals surface area contributed by atoms with Gasteiger partial charge < -0.3 is 50.5 Å². The van der Waals surface area contributed by atoms with Crippen molar-refractivity contribution in [2.75, 3.05) is 46.0 Å². The largest absolute Gasteiger partial charge is 4.00 e. The summed E-state index contributed by atoms with van der Waals surface area (Å²) in [6, 6.07) is 0. The van der Waals surface area contributed by atoms with Crippen LogP contribution in [0.25, 0.3) is 0 Å². The van der Waals surface area contributed by atoms with Crippen molar-refractivity contribution in [3.05, 3.63) is 48.6 Å². The molecule has 0 spiro atoms. The van der Waals surface area contributed by atoms with Gasteiger partial charge in [-0.05, 0) is 73.0 Å². The maximum absolute atomic E-state index is 10.7. The van der Waals surface area contributed by atoms with Gasteiger partial charge in [-0.3, -0.25) is 19.2 Å². The van der Waals surface area contributed by atoms with Crippen molar-refractivity contribution in [2.45, 2.75) is 27.7 Å². The number of carbonyl (C=O) groups excluding carboxylic acids is 4. The average Bonchev–Trinajstić information content (AvgIpc) is 2.83. The fourth-order valence-electron chi connectivity index (χ4n) is 1.03. The van der Waals surface area contributed by atoms with Gasteiger partial charge in [0.25, 0.3) is 0 Å². The van der Waals surface area contributed by atoms with Gasteiger partial charge in [0.15, 0.2) is 0 Å². The van der Waals surface area contributed by atoms with Gasteiger partial charge in [-0.25, -0.2) is 0 Å². The summed E-state index contributed by atoms with van der Waals surface area (Å²) in [6.07, 6.45) is 0. The third-order valence-electron chi connectivity index (χ3n) is 2.66. The van der Waals surface area contributed by atoms with Crippen LogP contribution in [-0.4, -0.2) is 66.5 Å². The van der Waals surface area contributed by atoms with Gasteiger partial charge in [-0.2, -0.15) is 23.0 Å². The predicted octanol–water partition coefficient (Wildman–Crippen LogP) is 5.47. The zero-order chi connectivity index (χ0) is 29.1. The molecule has 0 N–H and O–H groups in total. The third-order valence-corrected chi connectivity index (χ3v) is 8.59. The Balaban J connectivity index is -0.000000122. The molecule has 4 nitrogen and oxygen atoms in total. The Morgan fingerprint density at radius 2 is 0.595 bits per heavy atom. The Morgan fingerprint density at radius 3 is 0.676 bits per heavy atom. The molecule has 0 radical (unpaired) electrons. The fraction of sp³-hybridized carbons (Fsp3) is 0.500. The van der Waals surface area contributed by atoms with Crippen molar-refractivity contribution in [1.29, 1.82) is 0 Å². The summed E-state index contributed by atoms with van der Waals surface area (Å²) >= 11 is 23.6. The first-order chi connectivity index (χ1) is 16.7. The van der Waals surface area contributed by atoms with Gasteiger partial charge in [0.1, 0.15) is 0 Å². The van der Waals surface area contributed by atoms with Crippen molar-refractivity contribution < 1.29 is 45.4 Å². The minimum atomic E-state index is 0. The minimum absolute atomic E-state index is 0. The van der Waals surface area contributed by atoms with E-state index in [4.69, 9.17) is 0 Å². The van der Waals surface area contributed by atoms with Crippen LogP contribution in [0.15, 0.2) is 48.6 Å². The maximum atomic E-state index is 10.7. The molecule has 0 rings (SSSR count). The smallest absolute Gasteiger partial charge is 0.792 e. The van der Waals surface area contributed by atoms with Crippen LogP contribution in [-0.2, 0) is 95.9 Å². The van der Waals surface area contributed by atoms with E-state index >= 15 is 0 Å². The molecule has 0 unspecified atom stereocenters. The molecule has 0 aliphatic rings. The SMILES string of the molecule is C=C(C)C(=O)SCC[S-].C=C(C)C(=O)SCC[S-].C=C(C)C(=O)SCC[S-].C=C(C)C(=O)SCC[S-].[Zr+4]. The minimum Gasteiger partial charge on any atom is -0.792 e. The molecule has 37 heavy (non-hydrogen) atoms. The van der Waals surface area contributed by atoms with Crippen LogP contribution >= 0.6 is 47.0 Å². The van der Waals surface area contributed by atoms with Crippen LogP contribution in [0.1, 0.15) is 27.7 Å². The van der Waals surface area contributed by atoms with E-state index in [1.165, 1.54) is 47.0 Å². The van der Waals surface area contributed by atoms with Crippen molar-refractivity contribution in [3.8, 4) is 0 Å². The molecule has 0 aromatic rings. The molecule has 0 fully saturated rings. The quantitative estimate of drug-likeness (QED) is 0.189. The van der Waals surface area contributed by atoms with Crippen molar-refractivity contribution in [1.82, 2.24) is 0 Å². The fourth-order valence-corrected chi connectivity index (χ4v) is 4.09. The molecule has 0 saturated heterocycles. The molecule has 13 heteroatoms. The summed E-state index contributed by atoms with van der Waals surface area (Å²) in [5.41, 5.74) is 2.40. The van der Waals surface area contributed by atoms with Gasteiger partial charge in [-0.15, -0.1) is 0 Å². The predicted molar refractivity (Wildman–Crippen MR) is 178 cm³/mol. The summed E-state index contributed by atoms with van der Waals surface area (Å²) in [6.45, 7) is 20.8. The van der Waals surface area contributed by atoms with Crippen molar-refractivity contribution in [2.24, 2.45) is 0 Å². The molecular formula is C24H36O4S8Zr. The van der Waals surface area contributed by atoms with Crippen molar-refractivity contribution in [3.63, 3.8) is 0 Å². The summed E-state index contributed by atoms with van der Waals surface area (Å²) in [5.74, 6) is 5.41. The van der Waals surface area contributed by atoms with E-state index in [0.29, 0.717) is 45.3 Å². The second-order valence-corrected chi connectivity index (χ2v) is 12.4.